The van der Waals surface area contributed by atoms with Crippen LogP contribution >= 0.6 is 0 Å². The van der Waals surface area contributed by atoms with Crippen molar-refractivity contribution in [2.45, 2.75) is 32.2 Å². The highest BCUT2D eigenvalue weighted by Gasteiger charge is 2.30. The van der Waals surface area contributed by atoms with Crippen LogP contribution in [0.3, 0.4) is 0 Å². The van der Waals surface area contributed by atoms with Crippen molar-refractivity contribution in [3.8, 4) is 0 Å². The molecule has 0 aliphatic carbocycles. The van der Waals surface area contributed by atoms with Crippen LogP contribution in [0.25, 0.3) is 0 Å². The molecule has 1 fully saturated rings. The molecule has 0 spiro atoms. The maximum atomic E-state index is 11.0. The molecule has 0 aromatic carbocycles. The number of rotatable bonds is 4. The molecule has 0 aromatic rings. The Morgan fingerprint density at radius 2 is 2.43 bits per heavy atom. The normalized spacial score (nSPS) is 28.6. The van der Waals surface area contributed by atoms with Crippen molar-refractivity contribution >= 4 is 5.97 Å². The van der Waals surface area contributed by atoms with Crippen LogP contribution in [0.4, 0.5) is 0 Å². The summed E-state index contributed by atoms with van der Waals surface area (Å²) in [6.07, 6.45) is 4.61. The molecule has 1 saturated heterocycles. The number of nitrogens with zero attached hydrogens (tertiary/aromatic N) is 1. The average molecular weight is 197 g/mol. The zero-order chi connectivity index (χ0) is 10.6. The molecule has 0 radical (unpaired) electrons. The first-order valence-electron chi connectivity index (χ1n) is 5.23. The van der Waals surface area contributed by atoms with E-state index >= 15 is 0 Å². The summed E-state index contributed by atoms with van der Waals surface area (Å²) in [4.78, 5) is 13.1. The molecular formula is C11H19NO2. The monoisotopic (exact) mass is 197 g/mol. The van der Waals surface area contributed by atoms with Crippen LogP contribution in [0.1, 0.15) is 26.2 Å². The molecule has 3 heteroatoms. The Bertz CT molecular complexity index is 215. The minimum absolute atomic E-state index is 0.279. The van der Waals surface area contributed by atoms with E-state index < -0.39 is 5.97 Å². The van der Waals surface area contributed by atoms with Crippen LogP contribution in [0.15, 0.2) is 12.7 Å². The third-order valence-corrected chi connectivity index (χ3v) is 2.88. The fourth-order valence-electron chi connectivity index (χ4n) is 1.97. The molecule has 14 heavy (non-hydrogen) atoms. The van der Waals surface area contributed by atoms with Crippen LogP contribution in [0.2, 0.25) is 0 Å². The second-order valence-corrected chi connectivity index (χ2v) is 4.10. The van der Waals surface area contributed by atoms with E-state index in [1.165, 1.54) is 0 Å². The van der Waals surface area contributed by atoms with Crippen LogP contribution in [0, 0.1) is 5.92 Å². The van der Waals surface area contributed by atoms with E-state index in [-0.39, 0.29) is 6.04 Å². The van der Waals surface area contributed by atoms with Crippen molar-refractivity contribution < 1.29 is 9.90 Å². The van der Waals surface area contributed by atoms with Gasteiger partial charge < -0.3 is 5.11 Å². The summed E-state index contributed by atoms with van der Waals surface area (Å²) >= 11 is 0. The number of hydrogen-bond donors (Lipinski definition) is 1. The summed E-state index contributed by atoms with van der Waals surface area (Å²) in [5.74, 6) is -0.142. The Balaban J connectivity index is 2.53. The van der Waals surface area contributed by atoms with Gasteiger partial charge in [-0.15, -0.1) is 6.58 Å². The second kappa shape index (κ2) is 5.15. The standard InChI is InChI=1S/C11H19NO2/c1-3-4-6-12-7-5-9(2)8-10(12)11(13)14/h3,9-10H,1,4-8H2,2H3,(H,13,14). The predicted molar refractivity (Wildman–Crippen MR) is 56.2 cm³/mol. The molecule has 2 unspecified atom stereocenters. The Morgan fingerprint density at radius 3 is 3.00 bits per heavy atom. The van der Waals surface area contributed by atoms with Gasteiger partial charge in [0, 0.05) is 6.54 Å². The highest BCUT2D eigenvalue weighted by Crippen LogP contribution is 2.22. The molecule has 1 aliphatic rings. The van der Waals surface area contributed by atoms with Gasteiger partial charge in [-0.1, -0.05) is 13.0 Å². The lowest BCUT2D eigenvalue weighted by atomic mass is 9.92. The molecular weight excluding hydrogens is 178 g/mol. The minimum atomic E-state index is -0.680. The van der Waals surface area contributed by atoms with Crippen molar-refractivity contribution in [1.82, 2.24) is 4.90 Å². The summed E-state index contributed by atoms with van der Waals surface area (Å²) < 4.78 is 0. The lowest BCUT2D eigenvalue weighted by molar-refractivity contribution is -0.145. The number of hydrogen-bond acceptors (Lipinski definition) is 2. The fourth-order valence-corrected chi connectivity index (χ4v) is 1.97. The predicted octanol–water partition coefficient (Wildman–Crippen LogP) is 1.75. The van der Waals surface area contributed by atoms with E-state index in [0.29, 0.717) is 5.92 Å². The van der Waals surface area contributed by atoms with E-state index in [0.717, 1.165) is 32.4 Å². The van der Waals surface area contributed by atoms with Gasteiger partial charge in [0.25, 0.3) is 0 Å². The molecule has 0 aromatic heterocycles. The van der Waals surface area contributed by atoms with Gasteiger partial charge in [0.05, 0.1) is 0 Å². The van der Waals surface area contributed by atoms with E-state index in [1.807, 2.05) is 6.08 Å². The van der Waals surface area contributed by atoms with Gasteiger partial charge in [-0.2, -0.15) is 0 Å². The largest absolute Gasteiger partial charge is 0.480 e. The van der Waals surface area contributed by atoms with Gasteiger partial charge in [0.15, 0.2) is 0 Å². The Morgan fingerprint density at radius 1 is 1.71 bits per heavy atom. The summed E-state index contributed by atoms with van der Waals surface area (Å²) in [5.41, 5.74) is 0. The van der Waals surface area contributed by atoms with Crippen molar-refractivity contribution in [2.24, 2.45) is 5.92 Å². The number of piperidine rings is 1. The summed E-state index contributed by atoms with van der Waals surface area (Å²) in [7, 11) is 0. The van der Waals surface area contributed by atoms with Crippen molar-refractivity contribution in [1.29, 1.82) is 0 Å². The number of aliphatic carboxylic acids is 1. The topological polar surface area (TPSA) is 40.5 Å². The number of likely N-dealkylation sites (tertiary alicyclic amines) is 1. The average Bonchev–Trinajstić information content (AvgIpc) is 2.15. The Labute approximate surface area is 85.4 Å². The van der Waals surface area contributed by atoms with E-state index in [9.17, 15) is 4.79 Å². The molecule has 2 atom stereocenters. The SMILES string of the molecule is C=CCCN1CCC(C)CC1C(=O)O. The Kier molecular flexibility index (Phi) is 4.14. The lowest BCUT2D eigenvalue weighted by Crippen LogP contribution is -2.46. The summed E-state index contributed by atoms with van der Waals surface area (Å²) in [5, 5.41) is 9.06. The summed E-state index contributed by atoms with van der Waals surface area (Å²) in [6.45, 7) is 7.52. The molecule has 0 bridgehead atoms. The van der Waals surface area contributed by atoms with Crippen molar-refractivity contribution in [2.75, 3.05) is 13.1 Å². The molecule has 1 rings (SSSR count). The highest BCUT2D eigenvalue weighted by molar-refractivity contribution is 5.73. The maximum Gasteiger partial charge on any atom is 0.320 e. The molecule has 0 amide bonds. The first-order valence-corrected chi connectivity index (χ1v) is 5.23. The second-order valence-electron chi connectivity index (χ2n) is 4.10. The van der Waals surface area contributed by atoms with Crippen molar-refractivity contribution in [3.63, 3.8) is 0 Å². The molecule has 0 saturated carbocycles. The van der Waals surface area contributed by atoms with Gasteiger partial charge >= 0.3 is 5.97 Å². The highest BCUT2D eigenvalue weighted by atomic mass is 16.4. The number of carbonyl (C=O) groups is 1. The van der Waals surface area contributed by atoms with Gasteiger partial charge in [-0.25, -0.2) is 0 Å². The molecule has 80 valence electrons. The first-order chi connectivity index (χ1) is 6.65. The molecule has 1 heterocycles. The zero-order valence-electron chi connectivity index (χ0n) is 8.78. The van der Waals surface area contributed by atoms with Crippen LogP contribution in [0.5, 0.6) is 0 Å². The lowest BCUT2D eigenvalue weighted by Gasteiger charge is -2.35. The zero-order valence-corrected chi connectivity index (χ0v) is 8.78. The van der Waals surface area contributed by atoms with Crippen LogP contribution in [-0.4, -0.2) is 35.1 Å². The number of carboxylic acids is 1. The van der Waals surface area contributed by atoms with E-state index in [4.69, 9.17) is 5.11 Å². The molecule has 1 aliphatic heterocycles. The molecule has 1 N–H and O–H groups in total. The quantitative estimate of drug-likeness (QED) is 0.698. The fraction of sp³-hybridized carbons (Fsp3) is 0.727. The van der Waals surface area contributed by atoms with Crippen LogP contribution in [-0.2, 0) is 4.79 Å². The number of carboxylic acid groups (broad SMARTS) is 1. The first kappa shape index (κ1) is 11.2. The van der Waals surface area contributed by atoms with Gasteiger partial charge in [0.2, 0.25) is 0 Å². The minimum Gasteiger partial charge on any atom is -0.480 e. The van der Waals surface area contributed by atoms with E-state index in [2.05, 4.69) is 18.4 Å². The maximum absolute atomic E-state index is 11.0. The summed E-state index contributed by atoms with van der Waals surface area (Å²) in [6, 6.07) is -0.279. The smallest absolute Gasteiger partial charge is 0.320 e. The van der Waals surface area contributed by atoms with Gasteiger partial charge in [-0.3, -0.25) is 9.69 Å². The van der Waals surface area contributed by atoms with E-state index in [1.54, 1.807) is 0 Å². The molecule has 3 nitrogen and oxygen atoms in total. The van der Waals surface area contributed by atoms with Gasteiger partial charge in [-0.05, 0) is 31.7 Å². The Hall–Kier alpha value is -0.830. The van der Waals surface area contributed by atoms with Crippen LogP contribution < -0.4 is 0 Å². The van der Waals surface area contributed by atoms with Crippen molar-refractivity contribution in [3.05, 3.63) is 12.7 Å². The third-order valence-electron chi connectivity index (χ3n) is 2.88. The van der Waals surface area contributed by atoms with Gasteiger partial charge in [0.1, 0.15) is 6.04 Å². The third kappa shape index (κ3) is 2.84.